The summed E-state index contributed by atoms with van der Waals surface area (Å²) in [6.45, 7) is 2.06. The lowest BCUT2D eigenvalue weighted by molar-refractivity contribution is -0.137. The highest BCUT2D eigenvalue weighted by Crippen LogP contribution is 2.51. The van der Waals surface area contributed by atoms with Gasteiger partial charge in [0.2, 0.25) is 0 Å². The van der Waals surface area contributed by atoms with Crippen LogP contribution in [0, 0.1) is 0 Å². The van der Waals surface area contributed by atoms with Gasteiger partial charge in [0.05, 0.1) is 36.0 Å². The summed E-state index contributed by atoms with van der Waals surface area (Å²) in [5, 5.41) is 10.0. The summed E-state index contributed by atoms with van der Waals surface area (Å²) in [6, 6.07) is 19.8. The summed E-state index contributed by atoms with van der Waals surface area (Å²) < 4.78 is 56.3. The van der Waals surface area contributed by atoms with Crippen LogP contribution in [0.1, 0.15) is 41.0 Å². The molecular formula is C38H36ClF3N6O4. The lowest BCUT2D eigenvalue weighted by Crippen LogP contribution is -2.48. The lowest BCUT2D eigenvalue weighted by Gasteiger charge is -2.34. The monoisotopic (exact) mass is 732 g/mol. The van der Waals surface area contributed by atoms with E-state index in [0.29, 0.717) is 73.1 Å². The first-order valence-electron chi connectivity index (χ1n) is 16.8. The van der Waals surface area contributed by atoms with E-state index in [9.17, 15) is 9.90 Å². The maximum Gasteiger partial charge on any atom is 0.418 e. The van der Waals surface area contributed by atoms with E-state index in [1.165, 1.54) is 11.2 Å². The first-order valence-corrected chi connectivity index (χ1v) is 17.2. The number of ether oxygens (including phenoxy) is 2. The number of carboxylic acid groups (broad SMARTS) is 1. The molecule has 7 rings (SSSR count). The second kappa shape index (κ2) is 14.4. The average Bonchev–Trinajstić information content (AvgIpc) is 4.00. The van der Waals surface area contributed by atoms with E-state index >= 15 is 13.2 Å². The van der Waals surface area contributed by atoms with Crippen molar-refractivity contribution in [1.29, 1.82) is 0 Å². The standard InChI is InChI=1S/C38H36ClF3N6O4/c1-51-26-9-3-23(4-10-26)20-48(21-24-5-11-27(52-2)12-6-24)33-19-28(25-7-8-25)34(38(40,41)42)35(45-33)29-18-32-30(17-31(29)39)36(44-22-43-32)46-13-15-47(16-14-46)37(49)50/h3-6,9-12,17-19,22,25H,7-8,13-16,20-21H2,1-2H3,(H,49,50). The van der Waals surface area contributed by atoms with Gasteiger partial charge in [-0.05, 0) is 77.9 Å². The molecule has 0 radical (unpaired) electrons. The minimum Gasteiger partial charge on any atom is -0.497 e. The van der Waals surface area contributed by atoms with Crippen LogP contribution in [-0.2, 0) is 19.3 Å². The normalized spacial score (nSPS) is 14.8. The Hall–Kier alpha value is -5.30. The molecule has 1 saturated carbocycles. The Bertz CT molecular complexity index is 2040. The minimum absolute atomic E-state index is 0.0708. The summed E-state index contributed by atoms with van der Waals surface area (Å²) in [6.07, 6.45) is -3.07. The molecule has 52 heavy (non-hydrogen) atoms. The van der Waals surface area contributed by atoms with E-state index in [4.69, 9.17) is 26.1 Å². The first kappa shape index (κ1) is 35.1. The molecule has 14 heteroatoms. The number of rotatable bonds is 10. The molecule has 1 saturated heterocycles. The Morgan fingerprint density at radius 2 is 1.50 bits per heavy atom. The smallest absolute Gasteiger partial charge is 0.418 e. The van der Waals surface area contributed by atoms with Crippen LogP contribution in [0.5, 0.6) is 11.5 Å². The minimum atomic E-state index is -4.71. The van der Waals surface area contributed by atoms with Crippen molar-refractivity contribution in [3.05, 3.63) is 100 Å². The first-order chi connectivity index (χ1) is 25.0. The molecule has 1 N–H and O–H groups in total. The Balaban J connectivity index is 1.35. The van der Waals surface area contributed by atoms with Crippen molar-refractivity contribution in [3.8, 4) is 22.8 Å². The number of amides is 1. The van der Waals surface area contributed by atoms with Gasteiger partial charge in [0, 0.05) is 50.2 Å². The van der Waals surface area contributed by atoms with E-state index in [2.05, 4.69) is 9.97 Å². The fourth-order valence-electron chi connectivity index (χ4n) is 6.65. The van der Waals surface area contributed by atoms with Gasteiger partial charge >= 0.3 is 12.3 Å². The topological polar surface area (TPSA) is 104 Å². The highest BCUT2D eigenvalue weighted by Gasteiger charge is 2.42. The van der Waals surface area contributed by atoms with Crippen LogP contribution in [0.4, 0.5) is 29.6 Å². The molecule has 3 aromatic carbocycles. The van der Waals surface area contributed by atoms with Crippen LogP contribution in [0.25, 0.3) is 22.2 Å². The number of hydrogen-bond donors (Lipinski definition) is 1. The van der Waals surface area contributed by atoms with Crippen molar-refractivity contribution < 1.29 is 32.5 Å². The highest BCUT2D eigenvalue weighted by atomic mass is 35.5. The SMILES string of the molecule is COc1ccc(CN(Cc2ccc(OC)cc2)c2cc(C3CC3)c(C(F)(F)F)c(-c3cc4ncnc(N5CCN(C(=O)O)CC5)c4cc3Cl)n2)cc1. The van der Waals surface area contributed by atoms with Crippen molar-refractivity contribution in [1.82, 2.24) is 19.9 Å². The van der Waals surface area contributed by atoms with Gasteiger partial charge < -0.3 is 29.3 Å². The molecule has 10 nitrogen and oxygen atoms in total. The number of anilines is 2. The molecule has 270 valence electrons. The maximum atomic E-state index is 15.2. The largest absolute Gasteiger partial charge is 0.497 e. The van der Waals surface area contributed by atoms with E-state index in [1.54, 1.807) is 32.4 Å². The van der Waals surface area contributed by atoms with Gasteiger partial charge in [-0.3, -0.25) is 0 Å². The molecule has 2 aromatic heterocycles. The second-order valence-corrected chi connectivity index (χ2v) is 13.3. The van der Waals surface area contributed by atoms with Crippen LogP contribution >= 0.6 is 11.6 Å². The van der Waals surface area contributed by atoms with Gasteiger partial charge in [-0.2, -0.15) is 13.2 Å². The quantitative estimate of drug-likeness (QED) is 0.152. The van der Waals surface area contributed by atoms with Crippen LogP contribution < -0.4 is 19.3 Å². The zero-order valence-electron chi connectivity index (χ0n) is 28.5. The van der Waals surface area contributed by atoms with Crippen molar-refractivity contribution in [2.24, 2.45) is 0 Å². The highest BCUT2D eigenvalue weighted by molar-refractivity contribution is 6.34. The summed E-state index contributed by atoms with van der Waals surface area (Å²) in [7, 11) is 3.18. The Morgan fingerprint density at radius 1 is 0.904 bits per heavy atom. The van der Waals surface area contributed by atoms with Crippen molar-refractivity contribution in [2.45, 2.75) is 38.0 Å². The van der Waals surface area contributed by atoms with E-state index in [0.717, 1.165) is 11.1 Å². The van der Waals surface area contributed by atoms with Gasteiger partial charge in [-0.15, -0.1) is 0 Å². The van der Waals surface area contributed by atoms with Gasteiger partial charge in [-0.25, -0.2) is 19.7 Å². The van der Waals surface area contributed by atoms with Gasteiger partial charge in [0.1, 0.15) is 29.5 Å². The number of pyridine rings is 1. The third-order valence-corrected chi connectivity index (χ3v) is 9.85. The van der Waals surface area contributed by atoms with Crippen molar-refractivity contribution in [3.63, 3.8) is 0 Å². The van der Waals surface area contributed by atoms with Crippen LogP contribution in [-0.4, -0.2) is 71.5 Å². The van der Waals surface area contributed by atoms with Crippen molar-refractivity contribution >= 4 is 40.2 Å². The molecule has 0 bridgehead atoms. The Labute approximate surface area is 303 Å². The molecule has 0 atom stereocenters. The number of fused-ring (bicyclic) bond motifs is 1. The average molecular weight is 733 g/mol. The summed E-state index contributed by atoms with van der Waals surface area (Å²) >= 11 is 6.93. The molecule has 0 spiro atoms. The molecular weight excluding hydrogens is 697 g/mol. The summed E-state index contributed by atoms with van der Waals surface area (Å²) in [5.41, 5.74) is 1.48. The Morgan fingerprint density at radius 3 is 2.02 bits per heavy atom. The molecule has 5 aromatic rings. The molecule has 2 aliphatic rings. The van der Waals surface area contributed by atoms with Gasteiger partial charge in [-0.1, -0.05) is 35.9 Å². The molecule has 3 heterocycles. The summed E-state index contributed by atoms with van der Waals surface area (Å²) in [5.74, 6) is 2.03. The molecule has 1 aliphatic heterocycles. The number of hydrogen-bond acceptors (Lipinski definition) is 8. The van der Waals surface area contributed by atoms with Crippen LogP contribution in [0.2, 0.25) is 5.02 Å². The van der Waals surface area contributed by atoms with Gasteiger partial charge in [0.15, 0.2) is 0 Å². The summed E-state index contributed by atoms with van der Waals surface area (Å²) in [4.78, 5) is 30.4. The van der Waals surface area contributed by atoms with E-state index in [-0.39, 0.29) is 40.9 Å². The third-order valence-electron chi connectivity index (χ3n) is 9.53. The molecule has 2 fully saturated rings. The van der Waals surface area contributed by atoms with E-state index < -0.39 is 17.8 Å². The number of benzene rings is 3. The molecule has 1 amide bonds. The molecule has 0 unspecified atom stereocenters. The lowest BCUT2D eigenvalue weighted by atomic mass is 9.96. The number of methoxy groups -OCH3 is 2. The zero-order valence-corrected chi connectivity index (χ0v) is 29.3. The third kappa shape index (κ3) is 7.36. The van der Waals surface area contributed by atoms with E-state index in [1.807, 2.05) is 58.3 Å². The second-order valence-electron chi connectivity index (χ2n) is 12.9. The molecule has 1 aliphatic carbocycles. The fourth-order valence-corrected chi connectivity index (χ4v) is 6.90. The van der Waals surface area contributed by atoms with Crippen LogP contribution in [0.3, 0.4) is 0 Å². The van der Waals surface area contributed by atoms with Crippen LogP contribution in [0.15, 0.2) is 73.1 Å². The predicted molar refractivity (Wildman–Crippen MR) is 192 cm³/mol. The zero-order chi connectivity index (χ0) is 36.6. The number of alkyl halides is 3. The Kier molecular flexibility index (Phi) is 9.71. The fraction of sp³-hybridized carbons (Fsp3) is 0.316. The number of nitrogens with zero attached hydrogens (tertiary/aromatic N) is 6. The number of aromatic nitrogens is 3. The number of halogens is 4. The number of carbonyl (C=O) groups is 1. The maximum absolute atomic E-state index is 15.2. The number of piperazine rings is 1. The predicted octanol–water partition coefficient (Wildman–Crippen LogP) is 8.27. The van der Waals surface area contributed by atoms with Crippen molar-refractivity contribution in [2.75, 3.05) is 50.2 Å². The van der Waals surface area contributed by atoms with Gasteiger partial charge in [0.25, 0.3) is 0 Å².